The molecule has 2 nitrogen and oxygen atoms in total. The molecule has 2 heteroatoms. The van der Waals surface area contributed by atoms with E-state index in [0.717, 1.165) is 12.0 Å². The second-order valence-corrected chi connectivity index (χ2v) is 3.72. The number of carbonyl (C=O) groups excluding carboxylic acids is 1. The van der Waals surface area contributed by atoms with E-state index in [-0.39, 0.29) is 0 Å². The molecule has 0 aromatic heterocycles. The van der Waals surface area contributed by atoms with Crippen LogP contribution in [0.1, 0.15) is 12.5 Å². The summed E-state index contributed by atoms with van der Waals surface area (Å²) in [5.74, 6) is 1.02. The lowest BCUT2D eigenvalue weighted by Crippen LogP contribution is -1.93. The molecule has 0 unspecified atom stereocenters. The number of carbonyl (C=O) groups is 1. The first-order valence-electron chi connectivity index (χ1n) is 5.56. The summed E-state index contributed by atoms with van der Waals surface area (Å²) in [6.07, 6.45) is 0.750. The van der Waals surface area contributed by atoms with Crippen molar-refractivity contribution in [3.05, 3.63) is 54.1 Å². The second kappa shape index (κ2) is 5.30. The number of benzene rings is 2. The van der Waals surface area contributed by atoms with Gasteiger partial charge in [0.1, 0.15) is 18.6 Å². The molecule has 0 amide bonds. The fraction of sp³-hybridized carbons (Fsp3) is 0.133. The van der Waals surface area contributed by atoms with Crippen molar-refractivity contribution in [1.29, 1.82) is 0 Å². The average Bonchev–Trinajstić information content (AvgIpc) is 3.03. The van der Waals surface area contributed by atoms with Gasteiger partial charge in [0.2, 0.25) is 0 Å². The van der Waals surface area contributed by atoms with Gasteiger partial charge in [-0.15, -0.1) is 0 Å². The number of aldehydes is 1. The van der Waals surface area contributed by atoms with Crippen molar-refractivity contribution < 1.29 is 9.53 Å². The van der Waals surface area contributed by atoms with Gasteiger partial charge in [-0.25, -0.2) is 0 Å². The van der Waals surface area contributed by atoms with Gasteiger partial charge in [0.15, 0.2) is 0 Å². The van der Waals surface area contributed by atoms with Crippen LogP contribution < -0.4 is 4.74 Å². The van der Waals surface area contributed by atoms with Crippen LogP contribution in [0, 0.1) is 0 Å². The van der Waals surface area contributed by atoms with Crippen LogP contribution in [0.5, 0.6) is 5.75 Å². The summed E-state index contributed by atoms with van der Waals surface area (Å²) in [4.78, 5) is 8.81. The van der Waals surface area contributed by atoms with Gasteiger partial charge < -0.3 is 9.53 Å². The predicted octanol–water partition coefficient (Wildman–Crippen LogP) is 3.45. The molecule has 0 fully saturated rings. The molecule has 1 aromatic carbocycles. The molecule has 3 rings (SSSR count). The highest BCUT2D eigenvalue weighted by Crippen LogP contribution is 2.43. The van der Waals surface area contributed by atoms with Gasteiger partial charge in [0.05, 0.1) is 0 Å². The largest absolute Gasteiger partial charge is 0.488 e. The molecule has 0 saturated carbocycles. The van der Waals surface area contributed by atoms with Crippen LogP contribution in [0.25, 0.3) is 11.1 Å². The summed E-state index contributed by atoms with van der Waals surface area (Å²) in [5, 5.41) is 0. The van der Waals surface area contributed by atoms with Crippen molar-refractivity contribution in [2.24, 2.45) is 0 Å². The van der Waals surface area contributed by atoms with Gasteiger partial charge >= 0.3 is 0 Å². The molecule has 1 aromatic rings. The maximum atomic E-state index is 8.81. The van der Waals surface area contributed by atoms with Gasteiger partial charge in [0, 0.05) is 5.56 Å². The normalized spacial score (nSPS) is 9.94. The Hall–Kier alpha value is -2.09. The summed E-state index contributed by atoms with van der Waals surface area (Å²) in [6.45, 7) is 2.10. The Labute approximate surface area is 101 Å². The second-order valence-electron chi connectivity index (χ2n) is 3.72. The number of hydrogen-bond acceptors (Lipinski definition) is 2. The topological polar surface area (TPSA) is 26.3 Å². The first-order valence-corrected chi connectivity index (χ1v) is 5.56. The van der Waals surface area contributed by atoms with Gasteiger partial charge in [-0.05, 0) is 30.2 Å². The van der Waals surface area contributed by atoms with Crippen LogP contribution in [0.15, 0.2) is 48.5 Å². The quantitative estimate of drug-likeness (QED) is 0.639. The summed E-state index contributed by atoms with van der Waals surface area (Å²) >= 11 is 0. The molecule has 86 valence electrons. The van der Waals surface area contributed by atoms with E-state index in [9.17, 15) is 0 Å². The minimum absolute atomic E-state index is 0.658. The Kier molecular flexibility index (Phi) is 3.55. The highest BCUT2D eigenvalue weighted by molar-refractivity contribution is 5.87. The highest BCUT2D eigenvalue weighted by atomic mass is 16.5. The molecule has 0 saturated heterocycles. The predicted molar refractivity (Wildman–Crippen MR) is 67.9 cm³/mol. The Morgan fingerprint density at radius 3 is 2.35 bits per heavy atom. The van der Waals surface area contributed by atoms with Crippen molar-refractivity contribution in [2.45, 2.75) is 13.5 Å². The minimum atomic E-state index is 0.658. The van der Waals surface area contributed by atoms with E-state index >= 15 is 0 Å². The Morgan fingerprint density at radius 1 is 1.12 bits per heavy atom. The Bertz CT molecular complexity index is 504. The van der Waals surface area contributed by atoms with Crippen LogP contribution in [-0.4, -0.2) is 6.29 Å². The fourth-order valence-electron chi connectivity index (χ4n) is 1.59. The maximum absolute atomic E-state index is 8.81. The zero-order chi connectivity index (χ0) is 12.1. The van der Waals surface area contributed by atoms with Gasteiger partial charge in [-0.3, -0.25) is 0 Å². The minimum Gasteiger partial charge on any atom is -0.488 e. The van der Waals surface area contributed by atoms with Crippen LogP contribution >= 0.6 is 0 Å². The summed E-state index contributed by atoms with van der Waals surface area (Å²) < 4.78 is 5.68. The number of ether oxygens (including phenoxy) is 1. The molecular formula is C15H14O2. The molecule has 0 aliphatic heterocycles. The highest BCUT2D eigenvalue weighted by Gasteiger charge is 2.17. The molecular weight excluding hydrogens is 212 g/mol. The third-order valence-corrected chi connectivity index (χ3v) is 2.44. The van der Waals surface area contributed by atoms with Crippen LogP contribution in [0.3, 0.4) is 0 Å². The molecule has 0 heterocycles. The van der Waals surface area contributed by atoms with Crippen LogP contribution in [0.2, 0.25) is 0 Å². The van der Waals surface area contributed by atoms with E-state index in [4.69, 9.17) is 9.53 Å². The molecule has 0 radical (unpaired) electrons. The first-order chi connectivity index (χ1) is 8.35. The Balaban J connectivity index is 0.000000329. The lowest BCUT2D eigenvalue weighted by Gasteiger charge is -2.03. The molecule has 17 heavy (non-hydrogen) atoms. The Morgan fingerprint density at radius 2 is 1.82 bits per heavy atom. The maximum Gasteiger partial charge on any atom is 0.127 e. The van der Waals surface area contributed by atoms with Gasteiger partial charge in [0.25, 0.3) is 0 Å². The standard InChI is InChI=1S/C13H10O.C2H4O/c1-2-4-10(5-3-1)9-14-13-7-6-11-8-12(11)13;1-2-3/h1-8H,9H2;2H,1H3. The molecule has 0 N–H and O–H groups in total. The molecule has 2 aliphatic carbocycles. The summed E-state index contributed by atoms with van der Waals surface area (Å²) in [6, 6.07) is 16.5. The third-order valence-electron chi connectivity index (χ3n) is 2.44. The van der Waals surface area contributed by atoms with E-state index in [2.05, 4.69) is 24.3 Å². The summed E-state index contributed by atoms with van der Waals surface area (Å²) in [7, 11) is 0. The lowest BCUT2D eigenvalue weighted by molar-refractivity contribution is -0.106. The van der Waals surface area contributed by atoms with Crippen LogP contribution in [0.4, 0.5) is 0 Å². The van der Waals surface area contributed by atoms with Crippen LogP contribution in [-0.2, 0) is 11.4 Å². The monoisotopic (exact) mass is 226 g/mol. The van der Waals surface area contributed by atoms with Crippen molar-refractivity contribution in [3.63, 3.8) is 0 Å². The third kappa shape index (κ3) is 2.94. The van der Waals surface area contributed by atoms with Gasteiger partial charge in [-0.2, -0.15) is 0 Å². The van der Waals surface area contributed by atoms with Gasteiger partial charge in [-0.1, -0.05) is 36.4 Å². The smallest absolute Gasteiger partial charge is 0.127 e. The molecule has 0 atom stereocenters. The zero-order valence-corrected chi connectivity index (χ0v) is 9.72. The van der Waals surface area contributed by atoms with Crippen molar-refractivity contribution in [2.75, 3.05) is 0 Å². The fourth-order valence-corrected chi connectivity index (χ4v) is 1.59. The number of hydrogen-bond donors (Lipinski definition) is 0. The SMILES string of the molecule is CC=O.c1ccc(COc2ccc3cc2-3)cc1. The van der Waals surface area contributed by atoms with Crippen molar-refractivity contribution in [1.82, 2.24) is 0 Å². The molecule has 2 aliphatic rings. The number of fused-ring (bicyclic) bond motifs is 1. The van der Waals surface area contributed by atoms with Crippen molar-refractivity contribution >= 4 is 6.29 Å². The zero-order valence-electron chi connectivity index (χ0n) is 9.72. The average molecular weight is 226 g/mol. The number of rotatable bonds is 3. The van der Waals surface area contributed by atoms with E-state index in [1.807, 2.05) is 24.3 Å². The first kappa shape index (κ1) is 11.4. The lowest BCUT2D eigenvalue weighted by atomic mass is 10.2. The summed E-state index contributed by atoms with van der Waals surface area (Å²) in [5.41, 5.74) is 3.82. The molecule has 0 bridgehead atoms. The van der Waals surface area contributed by atoms with E-state index < -0.39 is 0 Å². The van der Waals surface area contributed by atoms with Crippen molar-refractivity contribution in [3.8, 4) is 16.9 Å². The van der Waals surface area contributed by atoms with E-state index in [1.54, 1.807) is 0 Å². The molecule has 0 spiro atoms. The van der Waals surface area contributed by atoms with E-state index in [1.165, 1.54) is 23.6 Å². The van der Waals surface area contributed by atoms with E-state index in [0.29, 0.717) is 6.61 Å².